The molecule has 54 heavy (non-hydrogen) atoms. The van der Waals surface area contributed by atoms with Crippen LogP contribution in [0.25, 0.3) is 32.9 Å². The fraction of sp³-hybridized carbons (Fsp3) is 0.333. The first-order valence-electron chi connectivity index (χ1n) is 18.2. The number of hydrogen-bond donors (Lipinski definition) is 1. The van der Waals surface area contributed by atoms with Gasteiger partial charge >= 0.3 is 12.6 Å². The topological polar surface area (TPSA) is 127 Å². The van der Waals surface area contributed by atoms with E-state index in [0.717, 1.165) is 95.6 Å². The van der Waals surface area contributed by atoms with Gasteiger partial charge in [0.1, 0.15) is 5.82 Å². The van der Waals surface area contributed by atoms with Gasteiger partial charge in [0.05, 0.1) is 34.4 Å². The number of piperidine rings is 1. The van der Waals surface area contributed by atoms with Gasteiger partial charge in [-0.15, -0.1) is 0 Å². The Morgan fingerprint density at radius 1 is 0.778 bits per heavy atom. The smallest absolute Gasteiger partial charge is 0.343 e. The number of halogens is 2. The molecule has 0 bridgehead atoms. The highest BCUT2D eigenvalue weighted by Gasteiger charge is 2.45. The molecule has 3 saturated heterocycles. The first kappa shape index (κ1) is 33.8. The van der Waals surface area contributed by atoms with E-state index in [-0.39, 0.29) is 18.5 Å². The van der Waals surface area contributed by atoms with Crippen molar-refractivity contribution in [2.45, 2.75) is 25.8 Å². The summed E-state index contributed by atoms with van der Waals surface area (Å²) >= 11 is 0. The van der Waals surface area contributed by atoms with Crippen LogP contribution < -0.4 is 15.1 Å². The highest BCUT2D eigenvalue weighted by molar-refractivity contribution is 6.24. The Bertz CT molecular complexity index is 2310. The number of rotatable bonds is 7. The number of nitrogens with zero attached hydrogens (tertiary/aromatic N) is 8. The van der Waals surface area contributed by atoms with Crippen molar-refractivity contribution in [1.29, 1.82) is 0 Å². The van der Waals surface area contributed by atoms with Gasteiger partial charge < -0.3 is 9.80 Å². The Labute approximate surface area is 308 Å². The molecular formula is C39H37F2N9O4. The summed E-state index contributed by atoms with van der Waals surface area (Å²) < 4.78 is 29.3. The van der Waals surface area contributed by atoms with Gasteiger partial charge in [-0.05, 0) is 60.7 Å². The lowest BCUT2D eigenvalue weighted by Gasteiger charge is -2.40. The molecule has 4 aliphatic rings. The zero-order valence-corrected chi connectivity index (χ0v) is 29.3. The van der Waals surface area contributed by atoms with Gasteiger partial charge in [-0.3, -0.25) is 34.2 Å². The van der Waals surface area contributed by atoms with E-state index in [1.807, 2.05) is 36.5 Å². The van der Waals surface area contributed by atoms with Gasteiger partial charge in [0.2, 0.25) is 5.91 Å². The molecule has 1 N–H and O–H groups in total. The summed E-state index contributed by atoms with van der Waals surface area (Å²) in [5.41, 5.74) is 3.86. The average Bonchev–Trinajstić information content (AvgIpc) is 3.66. The predicted molar refractivity (Wildman–Crippen MR) is 197 cm³/mol. The first-order valence-corrected chi connectivity index (χ1v) is 18.2. The Morgan fingerprint density at radius 3 is 2.31 bits per heavy atom. The number of alkyl halides is 2. The zero-order valence-electron chi connectivity index (χ0n) is 29.3. The monoisotopic (exact) mass is 733 g/mol. The SMILES string of the molecule is O=C1CCN(N2C(=O)c3cccc(N4CCC(CN5CCN(c6ccc(-c7ccc8c9cnccc9n(C(F)F)c8c7)cn6)CC5)CC4)c3C2=O)C(=O)N1. The molecule has 2 aromatic carbocycles. The number of aromatic nitrogens is 3. The highest BCUT2D eigenvalue weighted by atomic mass is 19.3. The van der Waals surface area contributed by atoms with Crippen molar-refractivity contribution in [3.05, 3.63) is 84.3 Å². The fourth-order valence-electron chi connectivity index (χ4n) is 8.39. The number of piperazine rings is 1. The summed E-state index contributed by atoms with van der Waals surface area (Å²) in [5, 5.41) is 5.50. The summed E-state index contributed by atoms with van der Waals surface area (Å²) in [5.74, 6) is -0.171. The van der Waals surface area contributed by atoms with Gasteiger partial charge in [-0.1, -0.05) is 18.2 Å². The molecule has 0 spiro atoms. The van der Waals surface area contributed by atoms with Gasteiger partial charge in [0.25, 0.3) is 11.8 Å². The van der Waals surface area contributed by atoms with E-state index >= 15 is 0 Å². The Kier molecular flexibility index (Phi) is 8.44. The number of benzene rings is 2. The molecule has 5 aromatic rings. The van der Waals surface area contributed by atoms with E-state index in [4.69, 9.17) is 4.98 Å². The largest absolute Gasteiger partial charge is 0.371 e. The molecule has 4 aliphatic heterocycles. The third-order valence-electron chi connectivity index (χ3n) is 11.2. The molecule has 3 aromatic heterocycles. The number of carbonyl (C=O) groups excluding carboxylic acids is 4. The zero-order chi connectivity index (χ0) is 37.1. The number of amides is 5. The molecule has 0 radical (unpaired) electrons. The van der Waals surface area contributed by atoms with E-state index in [2.05, 4.69) is 25.0 Å². The summed E-state index contributed by atoms with van der Waals surface area (Å²) in [4.78, 5) is 66.8. The molecule has 13 nitrogen and oxygen atoms in total. The maximum Gasteiger partial charge on any atom is 0.343 e. The van der Waals surface area contributed by atoms with Crippen LogP contribution in [0.15, 0.2) is 73.2 Å². The van der Waals surface area contributed by atoms with Crippen LogP contribution in [0.1, 0.15) is 46.5 Å². The normalized spacial score (nSPS) is 18.8. The molecule has 15 heteroatoms. The number of carbonyl (C=O) groups is 4. The number of urea groups is 1. The van der Waals surface area contributed by atoms with Crippen LogP contribution in [0.3, 0.4) is 0 Å². The van der Waals surface area contributed by atoms with Crippen molar-refractivity contribution >= 4 is 57.1 Å². The Balaban J connectivity index is 0.799. The van der Waals surface area contributed by atoms with E-state index in [1.54, 1.807) is 30.5 Å². The van der Waals surface area contributed by atoms with Crippen LogP contribution in [0, 0.1) is 5.92 Å². The van der Waals surface area contributed by atoms with Crippen LogP contribution >= 0.6 is 0 Å². The predicted octanol–water partition coefficient (Wildman–Crippen LogP) is 5.14. The third-order valence-corrected chi connectivity index (χ3v) is 11.2. The minimum absolute atomic E-state index is 0.0116. The molecule has 9 rings (SSSR count). The summed E-state index contributed by atoms with van der Waals surface area (Å²) in [7, 11) is 0. The molecule has 276 valence electrons. The molecule has 0 saturated carbocycles. The van der Waals surface area contributed by atoms with E-state index in [9.17, 15) is 28.0 Å². The van der Waals surface area contributed by atoms with Crippen molar-refractivity contribution in [2.24, 2.45) is 5.92 Å². The van der Waals surface area contributed by atoms with Gasteiger partial charge in [-0.25, -0.2) is 14.8 Å². The third kappa shape index (κ3) is 5.79. The lowest BCUT2D eigenvalue weighted by Crippen LogP contribution is -2.58. The van der Waals surface area contributed by atoms with Crippen LogP contribution in [0.2, 0.25) is 0 Å². The molecule has 0 atom stereocenters. The molecule has 7 heterocycles. The molecule has 3 fully saturated rings. The number of hydrazine groups is 1. The molecule has 5 amide bonds. The number of hydrogen-bond acceptors (Lipinski definition) is 9. The number of anilines is 2. The lowest BCUT2D eigenvalue weighted by atomic mass is 9.94. The van der Waals surface area contributed by atoms with Gasteiger partial charge in [-0.2, -0.15) is 13.8 Å². The average molecular weight is 734 g/mol. The second-order valence-electron chi connectivity index (χ2n) is 14.2. The van der Waals surface area contributed by atoms with Crippen molar-refractivity contribution in [2.75, 3.05) is 62.2 Å². The minimum Gasteiger partial charge on any atom is -0.371 e. The lowest BCUT2D eigenvalue weighted by molar-refractivity contribution is -0.122. The van der Waals surface area contributed by atoms with E-state index < -0.39 is 30.3 Å². The van der Waals surface area contributed by atoms with Crippen LogP contribution in [0.4, 0.5) is 25.1 Å². The highest BCUT2D eigenvalue weighted by Crippen LogP contribution is 2.37. The van der Waals surface area contributed by atoms with Crippen molar-refractivity contribution < 1.29 is 28.0 Å². The number of nitrogens with one attached hydrogen (secondary N) is 1. The van der Waals surface area contributed by atoms with Crippen molar-refractivity contribution in [3.8, 4) is 11.1 Å². The van der Waals surface area contributed by atoms with E-state index in [1.165, 1.54) is 6.20 Å². The fourth-order valence-corrected chi connectivity index (χ4v) is 8.39. The van der Waals surface area contributed by atoms with Crippen molar-refractivity contribution in [3.63, 3.8) is 0 Å². The summed E-state index contributed by atoms with van der Waals surface area (Å²) in [6.45, 7) is 3.23. The number of imide groups is 2. The van der Waals surface area contributed by atoms with Gasteiger partial charge in [0, 0.05) is 87.2 Å². The minimum atomic E-state index is -2.68. The van der Waals surface area contributed by atoms with Crippen LogP contribution in [-0.4, -0.2) is 106 Å². The Hall–Kier alpha value is -5.96. The molecular weight excluding hydrogens is 696 g/mol. The summed E-state index contributed by atoms with van der Waals surface area (Å²) in [6, 6.07) is 15.7. The second-order valence-corrected chi connectivity index (χ2v) is 14.2. The maximum atomic E-state index is 14.1. The first-order chi connectivity index (χ1) is 26.2. The number of pyridine rings is 2. The standard InChI is InChI=1S/C39H37F2N9O4/c40-38(41)49-30-8-12-42-22-29(30)27-6-4-25(20-32(27)49)26-5-7-33(43-21-26)47-18-16-45(17-19-47)23-24-9-13-46(14-10-24)31-3-1-2-28-35(31)37(53)50(36(28)52)48-15-11-34(51)44-39(48)54/h1-8,12,20-22,24,38H,9-11,13-19,23H2,(H,44,51,54). The maximum absolute atomic E-state index is 14.1. The quantitative estimate of drug-likeness (QED) is 0.227. The summed E-state index contributed by atoms with van der Waals surface area (Å²) in [6.07, 6.45) is 6.86. The van der Waals surface area contributed by atoms with E-state index in [0.29, 0.717) is 33.6 Å². The van der Waals surface area contributed by atoms with Crippen molar-refractivity contribution in [1.82, 2.24) is 34.8 Å². The van der Waals surface area contributed by atoms with Crippen LogP contribution in [-0.2, 0) is 4.79 Å². The Morgan fingerprint density at radius 2 is 1.57 bits per heavy atom. The molecule has 0 aliphatic carbocycles. The number of fused-ring (bicyclic) bond motifs is 4. The van der Waals surface area contributed by atoms with Crippen LogP contribution in [0.5, 0.6) is 0 Å². The second kappa shape index (κ2) is 13.5. The molecule has 0 unspecified atom stereocenters. The van der Waals surface area contributed by atoms with Gasteiger partial charge in [0.15, 0.2) is 0 Å².